The van der Waals surface area contributed by atoms with Crippen molar-refractivity contribution >= 4 is 15.5 Å². The lowest BCUT2D eigenvalue weighted by atomic mass is 9.78. The lowest BCUT2D eigenvalue weighted by Gasteiger charge is -2.31. The highest BCUT2D eigenvalue weighted by molar-refractivity contribution is 7.92. The summed E-state index contributed by atoms with van der Waals surface area (Å²) in [6, 6.07) is 14.3. The minimum Gasteiger partial charge on any atom is -0.392 e. The number of aliphatic hydroxyl groups is 1. The quantitative estimate of drug-likeness (QED) is 0.624. The van der Waals surface area contributed by atoms with E-state index in [2.05, 4.69) is 5.48 Å². The van der Waals surface area contributed by atoms with Crippen LogP contribution in [0.1, 0.15) is 56.6 Å². The summed E-state index contributed by atoms with van der Waals surface area (Å²) in [6.07, 6.45) is 1.99. The van der Waals surface area contributed by atoms with E-state index in [0.29, 0.717) is 24.1 Å². The predicted molar refractivity (Wildman–Crippen MR) is 110 cm³/mol. The zero-order chi connectivity index (χ0) is 20.3. The van der Waals surface area contributed by atoms with Crippen LogP contribution in [0, 0.1) is 5.92 Å². The molecule has 0 saturated heterocycles. The van der Waals surface area contributed by atoms with Crippen LogP contribution >= 0.6 is 0 Å². The van der Waals surface area contributed by atoms with E-state index in [0.717, 1.165) is 18.4 Å². The molecule has 0 bridgehead atoms. The lowest BCUT2D eigenvalue weighted by Crippen LogP contribution is -2.37. The second-order valence-corrected chi connectivity index (χ2v) is 9.68. The molecule has 6 heteroatoms. The second kappa shape index (κ2) is 8.64. The monoisotopic (exact) mass is 403 g/mol. The van der Waals surface area contributed by atoms with E-state index in [4.69, 9.17) is 0 Å². The number of hydrogen-bond donors (Lipinski definition) is 3. The van der Waals surface area contributed by atoms with Crippen molar-refractivity contribution < 1.29 is 18.7 Å². The van der Waals surface area contributed by atoms with Gasteiger partial charge in [0.15, 0.2) is 9.84 Å². The molecule has 4 atom stereocenters. The van der Waals surface area contributed by atoms with Gasteiger partial charge in [-0.25, -0.2) is 8.42 Å². The molecular formula is C22H29NO4S. The third kappa shape index (κ3) is 3.69. The van der Waals surface area contributed by atoms with Crippen LogP contribution in [0.15, 0.2) is 53.4 Å². The van der Waals surface area contributed by atoms with Gasteiger partial charge in [-0.2, -0.15) is 0 Å². The van der Waals surface area contributed by atoms with Gasteiger partial charge in [-0.15, -0.1) is 0 Å². The van der Waals surface area contributed by atoms with Crippen molar-refractivity contribution in [1.82, 2.24) is 0 Å². The van der Waals surface area contributed by atoms with Crippen molar-refractivity contribution in [2.24, 2.45) is 5.92 Å². The first-order valence-electron chi connectivity index (χ1n) is 9.96. The summed E-state index contributed by atoms with van der Waals surface area (Å²) in [5.41, 5.74) is 3.92. The van der Waals surface area contributed by atoms with Crippen LogP contribution < -0.4 is 5.48 Å². The van der Waals surface area contributed by atoms with Gasteiger partial charge < -0.3 is 5.11 Å². The number of benzene rings is 2. The van der Waals surface area contributed by atoms with E-state index in [1.54, 1.807) is 18.2 Å². The third-order valence-electron chi connectivity index (χ3n) is 5.91. The van der Waals surface area contributed by atoms with E-state index in [1.165, 1.54) is 0 Å². The summed E-state index contributed by atoms with van der Waals surface area (Å²) in [5.74, 6) is -0.837. The minimum atomic E-state index is -3.62. The zero-order valence-corrected chi connectivity index (χ0v) is 17.2. The molecule has 0 fully saturated rings. The Hall–Kier alpha value is -1.89. The number of aliphatic hydroxyl groups excluding tert-OH is 1. The fraction of sp³-hybridized carbons (Fsp3) is 0.455. The summed E-state index contributed by atoms with van der Waals surface area (Å²) < 4.78 is 27.3. The molecule has 152 valence electrons. The maximum atomic E-state index is 13.6. The van der Waals surface area contributed by atoms with E-state index in [1.807, 2.05) is 44.2 Å². The lowest BCUT2D eigenvalue weighted by molar-refractivity contribution is 0.0861. The maximum Gasteiger partial charge on any atom is 0.181 e. The van der Waals surface area contributed by atoms with E-state index in [-0.39, 0.29) is 10.8 Å². The number of hydrogen-bond acceptors (Lipinski definition) is 5. The Morgan fingerprint density at radius 1 is 1.07 bits per heavy atom. The number of rotatable bonds is 6. The van der Waals surface area contributed by atoms with E-state index < -0.39 is 27.1 Å². The normalized spacial score (nSPS) is 26.3. The number of anilines is 1. The van der Waals surface area contributed by atoms with Crippen LogP contribution in [0.3, 0.4) is 0 Å². The molecular weight excluding hydrogens is 374 g/mol. The number of nitrogens with one attached hydrogen (secondary N) is 1. The SMILES string of the molecule is CCCCC1C(CC)C(O)C(c2ccccc2)c2cc(NO)ccc2S1(=O)=O. The van der Waals surface area contributed by atoms with Crippen LogP contribution in [0.5, 0.6) is 0 Å². The Bertz CT molecular complexity index is 898. The molecule has 0 amide bonds. The van der Waals surface area contributed by atoms with Gasteiger partial charge in [0.05, 0.1) is 21.9 Å². The summed E-state index contributed by atoms with van der Waals surface area (Å²) in [6.45, 7) is 3.99. The molecule has 3 rings (SSSR count). The van der Waals surface area contributed by atoms with Crippen molar-refractivity contribution in [2.75, 3.05) is 5.48 Å². The van der Waals surface area contributed by atoms with Crippen LogP contribution in [0.2, 0.25) is 0 Å². The van der Waals surface area contributed by atoms with Crippen molar-refractivity contribution in [3.05, 3.63) is 59.7 Å². The molecule has 0 spiro atoms. The van der Waals surface area contributed by atoms with Gasteiger partial charge in [-0.05, 0) is 42.2 Å². The third-order valence-corrected chi connectivity index (χ3v) is 8.28. The fourth-order valence-corrected chi connectivity index (χ4v) is 6.87. The van der Waals surface area contributed by atoms with Crippen molar-refractivity contribution in [1.29, 1.82) is 0 Å². The molecule has 2 aromatic rings. The van der Waals surface area contributed by atoms with Gasteiger partial charge in [0.2, 0.25) is 0 Å². The second-order valence-electron chi connectivity index (χ2n) is 7.54. The zero-order valence-electron chi connectivity index (χ0n) is 16.4. The molecule has 2 aromatic carbocycles. The standard InChI is InChI=1S/C22H29NO4S/c1-3-5-11-19-17(4-2)22(24)21(15-9-7-6-8-10-15)18-14-16(23-25)12-13-20(18)28(19,26)27/h6-10,12-14,17,19,21-25H,3-5,11H2,1-2H3. The average Bonchev–Trinajstić information content (AvgIpc) is 2.77. The first-order valence-corrected chi connectivity index (χ1v) is 11.5. The van der Waals surface area contributed by atoms with Crippen LogP contribution in [-0.4, -0.2) is 30.1 Å². The Labute approximate surface area is 167 Å². The number of fused-ring (bicyclic) bond motifs is 1. The predicted octanol–water partition coefficient (Wildman–Crippen LogP) is 4.35. The fourth-order valence-electron chi connectivity index (χ4n) is 4.48. The average molecular weight is 404 g/mol. The topological polar surface area (TPSA) is 86.6 Å². The van der Waals surface area contributed by atoms with Crippen molar-refractivity contribution in [3.63, 3.8) is 0 Å². The Kier molecular flexibility index (Phi) is 6.43. The first-order chi connectivity index (χ1) is 13.5. The van der Waals surface area contributed by atoms with Crippen LogP contribution in [-0.2, 0) is 9.84 Å². The summed E-state index contributed by atoms with van der Waals surface area (Å²) >= 11 is 0. The molecule has 0 radical (unpaired) electrons. The van der Waals surface area contributed by atoms with Crippen molar-refractivity contribution in [3.8, 4) is 0 Å². The maximum absolute atomic E-state index is 13.6. The Balaban J connectivity index is 2.27. The molecule has 5 nitrogen and oxygen atoms in total. The van der Waals surface area contributed by atoms with Crippen LogP contribution in [0.25, 0.3) is 0 Å². The summed E-state index contributed by atoms with van der Waals surface area (Å²) in [7, 11) is -3.62. The largest absolute Gasteiger partial charge is 0.392 e. The van der Waals surface area contributed by atoms with Gasteiger partial charge in [-0.3, -0.25) is 10.7 Å². The molecule has 1 heterocycles. The number of sulfone groups is 1. The highest BCUT2D eigenvalue weighted by Gasteiger charge is 2.46. The highest BCUT2D eigenvalue weighted by Crippen LogP contribution is 2.45. The van der Waals surface area contributed by atoms with E-state index >= 15 is 0 Å². The molecule has 0 saturated carbocycles. The van der Waals surface area contributed by atoms with Gasteiger partial charge in [0.25, 0.3) is 0 Å². The van der Waals surface area contributed by atoms with Gasteiger partial charge in [-0.1, -0.05) is 57.0 Å². The first kappa shape index (κ1) is 20.8. The number of unbranched alkanes of at least 4 members (excludes halogenated alkanes) is 1. The van der Waals surface area contributed by atoms with E-state index in [9.17, 15) is 18.7 Å². The molecule has 3 N–H and O–H groups in total. The molecule has 0 aromatic heterocycles. The Morgan fingerprint density at radius 2 is 1.79 bits per heavy atom. The minimum absolute atomic E-state index is 0.261. The summed E-state index contributed by atoms with van der Waals surface area (Å²) in [5, 5.41) is 20.2. The van der Waals surface area contributed by atoms with Crippen molar-refractivity contribution in [2.45, 2.75) is 61.7 Å². The Morgan fingerprint density at radius 3 is 2.39 bits per heavy atom. The highest BCUT2D eigenvalue weighted by atomic mass is 32.2. The molecule has 4 unspecified atom stereocenters. The summed E-state index contributed by atoms with van der Waals surface area (Å²) in [4.78, 5) is 0.261. The molecule has 28 heavy (non-hydrogen) atoms. The van der Waals surface area contributed by atoms with Gasteiger partial charge in [0, 0.05) is 11.8 Å². The molecule has 1 aliphatic heterocycles. The van der Waals surface area contributed by atoms with Gasteiger partial charge in [0.1, 0.15) is 0 Å². The van der Waals surface area contributed by atoms with Crippen LogP contribution in [0.4, 0.5) is 5.69 Å². The smallest absolute Gasteiger partial charge is 0.181 e. The molecule has 0 aliphatic carbocycles. The van der Waals surface area contributed by atoms with Gasteiger partial charge >= 0.3 is 0 Å². The molecule has 1 aliphatic rings.